The van der Waals surface area contributed by atoms with Crippen LogP contribution in [0.25, 0.3) is 0 Å². The maximum Gasteiger partial charge on any atom is 0.248 e. The summed E-state index contributed by atoms with van der Waals surface area (Å²) in [6.45, 7) is 6.31. The summed E-state index contributed by atoms with van der Waals surface area (Å²) in [4.78, 5) is 23.5. The largest absolute Gasteiger partial charge is 0.350 e. The minimum absolute atomic E-state index is 0. The second kappa shape index (κ2) is 9.21. The molecule has 8 nitrogen and oxygen atoms in total. The molecule has 0 radical (unpaired) electrons. The maximum absolute atomic E-state index is 13.4. The number of rotatable bonds is 5. The molecule has 1 amide bonds. The molecule has 0 saturated heterocycles. The Labute approximate surface area is 193 Å². The number of aryl methyl sites for hydroxylation is 1. The highest BCUT2D eigenvalue weighted by Gasteiger charge is 2.36. The van der Waals surface area contributed by atoms with E-state index in [-0.39, 0.29) is 50.2 Å². The Hall–Kier alpha value is -2.43. The van der Waals surface area contributed by atoms with Crippen molar-refractivity contribution in [2.75, 3.05) is 22.6 Å². The maximum atomic E-state index is 13.4. The first kappa shape index (κ1) is 24.2. The Morgan fingerprint density at radius 2 is 1.97 bits per heavy atom. The van der Waals surface area contributed by atoms with E-state index in [1.165, 1.54) is 0 Å². The van der Waals surface area contributed by atoms with E-state index in [0.29, 0.717) is 42.5 Å². The smallest absolute Gasteiger partial charge is 0.248 e. The fourth-order valence-corrected chi connectivity index (χ4v) is 4.43. The zero-order valence-corrected chi connectivity index (χ0v) is 19.8. The third-order valence-electron chi connectivity index (χ3n) is 6.14. The molecule has 1 atom stereocenters. The number of nitrogens with zero attached hydrogens (tertiary/aromatic N) is 5. The molecule has 32 heavy (non-hydrogen) atoms. The molecule has 1 saturated carbocycles. The Balaban J connectivity index is 0.00000289. The summed E-state index contributed by atoms with van der Waals surface area (Å²) in [5.41, 5.74) is 2.25. The summed E-state index contributed by atoms with van der Waals surface area (Å²) in [7, 11) is 1.87. The Morgan fingerprint density at radius 3 is 2.62 bits per heavy atom. The minimum Gasteiger partial charge on any atom is -0.350 e. The number of nitrogens with one attached hydrogen (secondary N) is 2. The van der Waals surface area contributed by atoms with Crippen LogP contribution in [0.4, 0.5) is 26.2 Å². The number of carbonyl (C=O) groups excluding carboxylic acids is 1. The number of halogens is 2. The number of anilines is 3. The van der Waals surface area contributed by atoms with Gasteiger partial charge in [-0.1, -0.05) is 13.8 Å². The zero-order chi connectivity index (χ0) is 22.3. The number of hydrogen-bond acceptors (Lipinski definition) is 6. The number of aromatic nitrogens is 4. The van der Waals surface area contributed by atoms with Gasteiger partial charge in [0.2, 0.25) is 17.8 Å². The molecule has 1 fully saturated rings. The summed E-state index contributed by atoms with van der Waals surface area (Å²) in [5, 5.41) is 10.5. The van der Waals surface area contributed by atoms with Crippen molar-refractivity contribution in [1.82, 2.24) is 19.7 Å². The quantitative estimate of drug-likeness (QED) is 0.694. The van der Waals surface area contributed by atoms with Gasteiger partial charge in [0.15, 0.2) is 5.82 Å². The highest BCUT2D eigenvalue weighted by molar-refractivity contribution is 7.59. The number of carbonyl (C=O) groups is 1. The Bertz CT molecular complexity index is 971. The molecular weight excluding hydrogens is 436 g/mol. The van der Waals surface area contributed by atoms with Crippen LogP contribution in [-0.4, -0.2) is 44.7 Å². The van der Waals surface area contributed by atoms with Crippen molar-refractivity contribution in [2.45, 2.75) is 71.0 Å². The first-order valence-electron chi connectivity index (χ1n) is 10.7. The number of alkyl halides is 2. The van der Waals surface area contributed by atoms with E-state index >= 15 is 0 Å². The van der Waals surface area contributed by atoms with Crippen LogP contribution < -0.4 is 15.5 Å². The molecule has 1 aliphatic heterocycles. The van der Waals surface area contributed by atoms with Crippen LogP contribution in [0.15, 0.2) is 12.4 Å². The first-order valence-corrected chi connectivity index (χ1v) is 10.7. The van der Waals surface area contributed by atoms with Crippen LogP contribution in [0.5, 0.6) is 0 Å². The van der Waals surface area contributed by atoms with Crippen LogP contribution in [0.3, 0.4) is 0 Å². The van der Waals surface area contributed by atoms with E-state index in [4.69, 9.17) is 0 Å². The molecule has 2 aliphatic rings. The van der Waals surface area contributed by atoms with Gasteiger partial charge in [-0.25, -0.2) is 13.8 Å². The fourth-order valence-electron chi connectivity index (χ4n) is 4.43. The molecule has 0 bridgehead atoms. The van der Waals surface area contributed by atoms with Gasteiger partial charge in [-0.15, -0.1) is 0 Å². The van der Waals surface area contributed by atoms with E-state index in [0.717, 1.165) is 5.56 Å². The molecule has 0 spiro atoms. The van der Waals surface area contributed by atoms with E-state index in [1.807, 2.05) is 38.9 Å². The normalized spacial score (nSPS) is 20.5. The number of amides is 1. The van der Waals surface area contributed by atoms with Crippen molar-refractivity contribution < 1.29 is 13.6 Å². The summed E-state index contributed by atoms with van der Waals surface area (Å²) >= 11 is 0. The van der Waals surface area contributed by atoms with Crippen LogP contribution in [0.2, 0.25) is 0 Å². The summed E-state index contributed by atoms with van der Waals surface area (Å²) in [6, 6.07) is -0.281. The second-order valence-corrected chi connectivity index (χ2v) is 8.89. The third kappa shape index (κ3) is 4.82. The van der Waals surface area contributed by atoms with E-state index < -0.39 is 5.92 Å². The van der Waals surface area contributed by atoms with Gasteiger partial charge >= 0.3 is 0 Å². The van der Waals surface area contributed by atoms with Crippen molar-refractivity contribution >= 4 is 36.9 Å². The average molecular weight is 468 g/mol. The lowest BCUT2D eigenvalue weighted by atomic mass is 9.92. The molecular formula is C21H31F2N7OS. The van der Waals surface area contributed by atoms with Crippen LogP contribution >= 0.6 is 13.5 Å². The fraction of sp³-hybridized carbons (Fsp3) is 0.619. The summed E-state index contributed by atoms with van der Waals surface area (Å²) in [6.07, 6.45) is 4.33. The van der Waals surface area contributed by atoms with E-state index in [9.17, 15) is 13.6 Å². The number of likely N-dealkylation sites (N-methyl/N-ethyl adjacent to an activating group) is 1. The lowest BCUT2D eigenvalue weighted by Gasteiger charge is -2.36. The molecule has 2 aromatic heterocycles. The second-order valence-electron chi connectivity index (χ2n) is 8.89. The van der Waals surface area contributed by atoms with Crippen molar-refractivity contribution in [3.8, 4) is 0 Å². The molecule has 3 heterocycles. The highest BCUT2D eigenvalue weighted by Crippen LogP contribution is 2.38. The average Bonchev–Trinajstić information content (AvgIpc) is 3.16. The lowest BCUT2D eigenvalue weighted by Crippen LogP contribution is -2.49. The molecule has 0 aromatic carbocycles. The predicted octanol–water partition coefficient (Wildman–Crippen LogP) is 3.87. The molecule has 4 rings (SSSR count). The molecule has 0 unspecified atom stereocenters. The minimum atomic E-state index is -2.54. The van der Waals surface area contributed by atoms with E-state index in [1.54, 1.807) is 10.9 Å². The number of hydrogen-bond donors (Lipinski definition) is 2. The van der Waals surface area contributed by atoms with Crippen molar-refractivity contribution in [3.05, 3.63) is 23.7 Å². The van der Waals surface area contributed by atoms with E-state index in [2.05, 4.69) is 25.7 Å². The first-order chi connectivity index (χ1) is 14.6. The van der Waals surface area contributed by atoms with Crippen LogP contribution in [-0.2, 0) is 11.3 Å². The van der Waals surface area contributed by atoms with Gasteiger partial charge in [-0.3, -0.25) is 9.48 Å². The Kier molecular flexibility index (Phi) is 6.97. The van der Waals surface area contributed by atoms with Gasteiger partial charge in [0.25, 0.3) is 0 Å². The molecule has 2 N–H and O–H groups in total. The van der Waals surface area contributed by atoms with Crippen molar-refractivity contribution in [1.29, 1.82) is 0 Å². The van der Waals surface area contributed by atoms with Gasteiger partial charge in [0, 0.05) is 38.2 Å². The van der Waals surface area contributed by atoms with Crippen molar-refractivity contribution in [3.63, 3.8) is 0 Å². The van der Waals surface area contributed by atoms with Gasteiger partial charge < -0.3 is 15.5 Å². The van der Waals surface area contributed by atoms with Gasteiger partial charge in [0.1, 0.15) is 11.7 Å². The van der Waals surface area contributed by atoms with Gasteiger partial charge in [-0.2, -0.15) is 23.6 Å². The topological polar surface area (TPSA) is 88.0 Å². The highest BCUT2D eigenvalue weighted by atomic mass is 32.1. The van der Waals surface area contributed by atoms with Crippen LogP contribution in [0, 0.1) is 12.8 Å². The SMILES string of the molecule is Cc1nc(NCc2cnn(C3CCC(F)(F)CC3)c2)nc2c1NC(=O)[C@H](C(C)C)N2C.S. The molecule has 1 aliphatic carbocycles. The van der Waals surface area contributed by atoms with Crippen LogP contribution in [0.1, 0.15) is 56.8 Å². The standard InChI is InChI=1S/C21H29F2N7O.H2S/c1-12(2)17-19(31)27-16-13(3)26-20(28-18(16)29(17)4)24-9-14-10-25-30(11-14)15-5-7-21(22,23)8-6-15;/h10-12,15,17H,5-9H2,1-4H3,(H,27,31)(H,24,26,28);1H2/t17-;/m0./s1. The molecule has 2 aromatic rings. The molecule has 176 valence electrons. The number of fused-ring (bicyclic) bond motifs is 1. The van der Waals surface area contributed by atoms with Gasteiger partial charge in [0.05, 0.1) is 17.9 Å². The lowest BCUT2D eigenvalue weighted by molar-refractivity contribution is -0.118. The van der Waals surface area contributed by atoms with Gasteiger partial charge in [-0.05, 0) is 25.7 Å². The predicted molar refractivity (Wildman–Crippen MR) is 125 cm³/mol. The summed E-state index contributed by atoms with van der Waals surface area (Å²) < 4.78 is 28.6. The Morgan fingerprint density at radius 1 is 1.28 bits per heavy atom. The molecule has 11 heteroatoms. The summed E-state index contributed by atoms with van der Waals surface area (Å²) in [5.74, 6) is -1.31. The monoisotopic (exact) mass is 467 g/mol. The third-order valence-corrected chi connectivity index (χ3v) is 6.14. The zero-order valence-electron chi connectivity index (χ0n) is 18.8. The van der Waals surface area contributed by atoms with Crippen molar-refractivity contribution in [2.24, 2.45) is 5.92 Å².